The number of nitrogens with zero attached hydrogens (tertiary/aromatic N) is 2. The van der Waals surface area contributed by atoms with Crippen molar-refractivity contribution >= 4 is 36.8 Å². The number of carbonyl (C=O) groups excluding carboxylic acids is 2. The summed E-state index contributed by atoms with van der Waals surface area (Å²) in [5.41, 5.74) is 0.516. The summed E-state index contributed by atoms with van der Waals surface area (Å²) in [4.78, 5) is 40.0. The molecule has 1 fully saturated rings. The monoisotopic (exact) mass is 311 g/mol. The zero-order chi connectivity index (χ0) is 15.7. The number of carboxylic acid groups (broad SMARTS) is 1. The van der Waals surface area contributed by atoms with Crippen molar-refractivity contribution in [3.05, 3.63) is 11.6 Å². The first-order chi connectivity index (χ1) is 9.86. The van der Waals surface area contributed by atoms with Crippen LogP contribution >= 0.6 is 0 Å². The van der Waals surface area contributed by atoms with Crippen LogP contribution in [0.4, 0.5) is 9.18 Å². The van der Waals surface area contributed by atoms with Crippen molar-refractivity contribution in [2.45, 2.75) is 25.4 Å². The SMILES string of the molecule is CC1=C[C@@H]2CN(C(=O)N2O[C@@H](F)C(=O)O)[C@@H]1C(=O)NCO.[LiH]. The van der Waals surface area contributed by atoms with Crippen molar-refractivity contribution in [3.8, 4) is 0 Å². The molecule has 3 N–H and O–H groups in total. The van der Waals surface area contributed by atoms with Crippen LogP contribution in [0.1, 0.15) is 6.92 Å². The van der Waals surface area contributed by atoms with E-state index in [4.69, 9.17) is 10.2 Å². The molecule has 0 spiro atoms. The predicted molar refractivity (Wildman–Crippen MR) is 71.3 cm³/mol. The third-order valence-electron chi connectivity index (χ3n) is 3.22. The van der Waals surface area contributed by atoms with Crippen LogP contribution in [-0.2, 0) is 14.4 Å². The van der Waals surface area contributed by atoms with Crippen molar-refractivity contribution in [1.29, 1.82) is 0 Å². The second-order valence-electron chi connectivity index (χ2n) is 4.60. The number of fused-ring (bicyclic) bond motifs is 2. The molecular weight excluding hydrogens is 296 g/mol. The standard InChI is InChI=1S/C11H14FN3O6.Li.H/c1-5-2-6-3-14(7(5)9(17)13-4-16)11(20)15(6)21-8(12)10(18)19;;/h2,6-8,16H,3-4H2,1H3,(H,13,17)(H,18,19);;/t6-,7+,8-;;/m1../s1. The van der Waals surface area contributed by atoms with Gasteiger partial charge in [0.15, 0.2) is 0 Å². The summed E-state index contributed by atoms with van der Waals surface area (Å²) >= 11 is 0. The molecule has 2 aliphatic heterocycles. The molecule has 3 atom stereocenters. The van der Waals surface area contributed by atoms with Crippen LogP contribution in [0.5, 0.6) is 0 Å². The van der Waals surface area contributed by atoms with E-state index in [0.29, 0.717) is 10.6 Å². The molecule has 0 aromatic rings. The number of aliphatic hydroxyl groups is 1. The Labute approximate surface area is 136 Å². The maximum absolute atomic E-state index is 13.1. The van der Waals surface area contributed by atoms with Gasteiger partial charge in [0.25, 0.3) is 0 Å². The second kappa shape index (κ2) is 7.11. The molecule has 0 unspecified atom stereocenters. The zero-order valence-corrected chi connectivity index (χ0v) is 11.0. The fourth-order valence-electron chi connectivity index (χ4n) is 2.39. The summed E-state index contributed by atoms with van der Waals surface area (Å²) in [5.74, 6) is -2.44. The van der Waals surface area contributed by atoms with Crippen LogP contribution in [-0.4, -0.2) is 88.7 Å². The third kappa shape index (κ3) is 3.25. The average Bonchev–Trinajstić information content (AvgIpc) is 2.64. The fourth-order valence-corrected chi connectivity index (χ4v) is 2.39. The molecule has 1 saturated heterocycles. The molecule has 2 heterocycles. The molecule has 0 aromatic carbocycles. The quantitative estimate of drug-likeness (QED) is 0.311. The Bertz CT molecular complexity index is 516. The topological polar surface area (TPSA) is 119 Å². The number of aliphatic hydroxyl groups excluding tert-OH is 1. The number of nitrogens with one attached hydrogen (secondary N) is 1. The minimum absolute atomic E-state index is 0. The van der Waals surface area contributed by atoms with E-state index in [-0.39, 0.29) is 25.4 Å². The molecule has 0 saturated carbocycles. The molecule has 2 rings (SSSR count). The van der Waals surface area contributed by atoms with Crippen molar-refractivity contribution < 1.29 is 33.8 Å². The average molecular weight is 311 g/mol. The summed E-state index contributed by atoms with van der Waals surface area (Å²) in [6.07, 6.45) is -1.15. The van der Waals surface area contributed by atoms with E-state index in [9.17, 15) is 18.8 Å². The van der Waals surface area contributed by atoms with E-state index in [1.807, 2.05) is 0 Å². The number of aliphatic carboxylic acids is 1. The van der Waals surface area contributed by atoms with E-state index in [2.05, 4.69) is 10.2 Å². The number of carboxylic acids is 1. The number of hydrogen-bond acceptors (Lipinski definition) is 5. The number of rotatable bonds is 5. The van der Waals surface area contributed by atoms with Gasteiger partial charge in [0.2, 0.25) is 5.91 Å². The summed E-state index contributed by atoms with van der Waals surface area (Å²) < 4.78 is 13.1. The zero-order valence-electron chi connectivity index (χ0n) is 11.0. The van der Waals surface area contributed by atoms with Crippen LogP contribution < -0.4 is 5.32 Å². The maximum atomic E-state index is 13.1. The number of hydrogen-bond donors (Lipinski definition) is 3. The van der Waals surface area contributed by atoms with Gasteiger partial charge in [0.05, 0.1) is 12.6 Å². The molecule has 2 aliphatic rings. The van der Waals surface area contributed by atoms with E-state index >= 15 is 0 Å². The van der Waals surface area contributed by atoms with Crippen molar-refractivity contribution in [2.24, 2.45) is 0 Å². The summed E-state index contributed by atoms with van der Waals surface area (Å²) in [6.45, 7) is 1.08. The molecular formula is C11H15FLiN3O6. The molecule has 0 radical (unpaired) electrons. The number of urea groups is 1. The predicted octanol–water partition coefficient (Wildman–Crippen LogP) is -1.85. The van der Waals surface area contributed by atoms with Gasteiger partial charge in [0, 0.05) is 0 Å². The molecule has 2 bridgehead atoms. The number of alkyl halides is 1. The Kier molecular flexibility index (Phi) is 5.96. The van der Waals surface area contributed by atoms with Crippen LogP contribution in [0.3, 0.4) is 0 Å². The Balaban J connectivity index is 0.00000242. The van der Waals surface area contributed by atoms with Crippen LogP contribution in [0, 0.1) is 0 Å². The van der Waals surface area contributed by atoms with Gasteiger partial charge in [-0.2, -0.15) is 5.06 Å². The minimum atomic E-state index is -2.67. The van der Waals surface area contributed by atoms with Crippen LogP contribution in [0.15, 0.2) is 11.6 Å². The van der Waals surface area contributed by atoms with E-state index in [1.165, 1.54) is 6.08 Å². The summed E-state index contributed by atoms with van der Waals surface area (Å²) in [6, 6.07) is -2.43. The van der Waals surface area contributed by atoms with Crippen molar-refractivity contribution in [1.82, 2.24) is 15.3 Å². The first-order valence-corrected chi connectivity index (χ1v) is 6.07. The first kappa shape index (κ1) is 18.4. The number of hydroxylamine groups is 2. The molecule has 0 aromatic heterocycles. The normalized spacial score (nSPS) is 24.5. The molecule has 0 aliphatic carbocycles. The van der Waals surface area contributed by atoms with Crippen LogP contribution in [0.25, 0.3) is 0 Å². The van der Waals surface area contributed by atoms with E-state index < -0.39 is 43.1 Å². The molecule has 11 heteroatoms. The Morgan fingerprint density at radius 1 is 1.59 bits per heavy atom. The first-order valence-electron chi connectivity index (χ1n) is 6.07. The van der Waals surface area contributed by atoms with Crippen molar-refractivity contribution in [2.75, 3.05) is 13.3 Å². The fraction of sp³-hybridized carbons (Fsp3) is 0.545. The Morgan fingerprint density at radius 2 is 2.23 bits per heavy atom. The van der Waals surface area contributed by atoms with Gasteiger partial charge in [-0.15, -0.1) is 0 Å². The van der Waals surface area contributed by atoms with Gasteiger partial charge < -0.3 is 20.4 Å². The van der Waals surface area contributed by atoms with Gasteiger partial charge in [-0.3, -0.25) is 4.79 Å². The van der Waals surface area contributed by atoms with E-state index in [0.717, 1.165) is 4.90 Å². The summed E-state index contributed by atoms with van der Waals surface area (Å²) in [5, 5.41) is 20.0. The summed E-state index contributed by atoms with van der Waals surface area (Å²) in [7, 11) is 0. The van der Waals surface area contributed by atoms with E-state index in [1.54, 1.807) is 6.92 Å². The van der Waals surface area contributed by atoms with Gasteiger partial charge in [-0.25, -0.2) is 18.8 Å². The molecule has 118 valence electrons. The van der Waals surface area contributed by atoms with Crippen LogP contribution in [0.2, 0.25) is 0 Å². The van der Waals surface area contributed by atoms with Crippen molar-refractivity contribution in [3.63, 3.8) is 0 Å². The second-order valence-corrected chi connectivity index (χ2v) is 4.60. The Hall–Kier alpha value is -1.60. The number of halogens is 1. The van der Waals surface area contributed by atoms with Gasteiger partial charge in [-0.05, 0) is 12.5 Å². The van der Waals surface area contributed by atoms with Gasteiger partial charge in [0.1, 0.15) is 12.8 Å². The number of amides is 3. The number of carbonyl (C=O) groups is 3. The molecule has 9 nitrogen and oxygen atoms in total. The van der Waals surface area contributed by atoms with Gasteiger partial charge >= 0.3 is 37.2 Å². The Morgan fingerprint density at radius 3 is 2.77 bits per heavy atom. The van der Waals surface area contributed by atoms with Gasteiger partial charge in [-0.1, -0.05) is 6.08 Å². The molecule has 3 amide bonds. The molecule has 22 heavy (non-hydrogen) atoms. The third-order valence-corrected chi connectivity index (χ3v) is 3.22.